The maximum atomic E-state index is 13.0. The predicted molar refractivity (Wildman–Crippen MR) is 79.6 cm³/mol. The Kier molecular flexibility index (Phi) is 4.92. The van der Waals surface area contributed by atoms with Gasteiger partial charge in [0.2, 0.25) is 5.91 Å². The maximum Gasteiger partial charge on any atom is 0.243 e. The second-order valence-corrected chi connectivity index (χ2v) is 4.80. The third-order valence-electron chi connectivity index (χ3n) is 2.69. The summed E-state index contributed by atoms with van der Waals surface area (Å²) in [6.45, 7) is -0.222. The number of nitrogens with zero attached hydrogens (tertiary/aromatic N) is 1. The SMILES string of the molecule is N#Cc1ccc(Cl)cc1NC(=O)CNc1cc(F)cc(F)c1. The minimum absolute atomic E-state index is 0.138. The normalized spacial score (nSPS) is 9.91. The van der Waals surface area contributed by atoms with E-state index < -0.39 is 17.5 Å². The molecule has 0 radical (unpaired) electrons. The van der Waals surface area contributed by atoms with E-state index in [-0.39, 0.29) is 23.5 Å². The van der Waals surface area contributed by atoms with E-state index in [1.165, 1.54) is 18.2 Å². The first-order chi connectivity index (χ1) is 10.5. The highest BCUT2D eigenvalue weighted by Gasteiger charge is 2.08. The number of benzene rings is 2. The lowest BCUT2D eigenvalue weighted by Gasteiger charge is -2.09. The van der Waals surface area contributed by atoms with Gasteiger partial charge in [0.05, 0.1) is 17.8 Å². The summed E-state index contributed by atoms with van der Waals surface area (Å²) in [5.74, 6) is -1.97. The Morgan fingerprint density at radius 2 is 1.86 bits per heavy atom. The number of anilines is 2. The second-order valence-electron chi connectivity index (χ2n) is 4.36. The Morgan fingerprint density at radius 1 is 1.18 bits per heavy atom. The number of amides is 1. The molecule has 0 fully saturated rings. The van der Waals surface area contributed by atoms with Gasteiger partial charge in [-0.15, -0.1) is 0 Å². The zero-order chi connectivity index (χ0) is 16.1. The van der Waals surface area contributed by atoms with Crippen molar-refractivity contribution >= 4 is 28.9 Å². The largest absolute Gasteiger partial charge is 0.376 e. The summed E-state index contributed by atoms with van der Waals surface area (Å²) < 4.78 is 26.0. The molecule has 0 spiro atoms. The quantitative estimate of drug-likeness (QED) is 0.905. The third kappa shape index (κ3) is 4.17. The van der Waals surface area contributed by atoms with Gasteiger partial charge in [-0.3, -0.25) is 4.79 Å². The van der Waals surface area contributed by atoms with Gasteiger partial charge in [0, 0.05) is 16.8 Å². The van der Waals surface area contributed by atoms with Crippen LogP contribution >= 0.6 is 11.6 Å². The summed E-state index contributed by atoms with van der Waals surface area (Å²) in [5, 5.41) is 14.4. The molecule has 0 aliphatic carbocycles. The monoisotopic (exact) mass is 321 g/mol. The van der Waals surface area contributed by atoms with E-state index in [1.807, 2.05) is 6.07 Å². The molecule has 22 heavy (non-hydrogen) atoms. The first kappa shape index (κ1) is 15.7. The Morgan fingerprint density at radius 3 is 2.50 bits per heavy atom. The maximum absolute atomic E-state index is 13.0. The Hall–Kier alpha value is -2.65. The van der Waals surface area contributed by atoms with Crippen molar-refractivity contribution < 1.29 is 13.6 Å². The highest BCUT2D eigenvalue weighted by atomic mass is 35.5. The molecule has 2 rings (SSSR count). The lowest BCUT2D eigenvalue weighted by atomic mass is 10.2. The molecule has 0 heterocycles. The van der Waals surface area contributed by atoms with E-state index in [2.05, 4.69) is 10.6 Å². The number of hydrogen-bond donors (Lipinski definition) is 2. The molecule has 0 saturated heterocycles. The molecule has 0 atom stereocenters. The van der Waals surface area contributed by atoms with Crippen molar-refractivity contribution in [2.45, 2.75) is 0 Å². The van der Waals surface area contributed by atoms with Crippen molar-refractivity contribution in [3.63, 3.8) is 0 Å². The lowest BCUT2D eigenvalue weighted by molar-refractivity contribution is -0.114. The summed E-state index contributed by atoms with van der Waals surface area (Å²) in [6.07, 6.45) is 0. The van der Waals surface area contributed by atoms with Crippen molar-refractivity contribution in [2.24, 2.45) is 0 Å². The van der Waals surface area contributed by atoms with Gasteiger partial charge in [0.1, 0.15) is 17.7 Å². The van der Waals surface area contributed by atoms with Crippen LogP contribution in [0.15, 0.2) is 36.4 Å². The molecule has 112 valence electrons. The number of halogens is 3. The van der Waals surface area contributed by atoms with Gasteiger partial charge in [0.25, 0.3) is 0 Å². The van der Waals surface area contributed by atoms with Crippen molar-refractivity contribution in [1.29, 1.82) is 5.26 Å². The van der Waals surface area contributed by atoms with E-state index >= 15 is 0 Å². The van der Waals surface area contributed by atoms with E-state index in [9.17, 15) is 13.6 Å². The van der Waals surface area contributed by atoms with Gasteiger partial charge < -0.3 is 10.6 Å². The average Bonchev–Trinajstić information content (AvgIpc) is 2.44. The molecule has 0 aliphatic heterocycles. The fourth-order valence-electron chi connectivity index (χ4n) is 1.75. The van der Waals surface area contributed by atoms with E-state index in [0.29, 0.717) is 5.02 Å². The van der Waals surface area contributed by atoms with Crippen LogP contribution in [0.1, 0.15) is 5.56 Å². The van der Waals surface area contributed by atoms with Crippen molar-refractivity contribution in [3.05, 3.63) is 58.6 Å². The van der Waals surface area contributed by atoms with Crippen LogP contribution in [0.3, 0.4) is 0 Å². The van der Waals surface area contributed by atoms with Gasteiger partial charge in [-0.05, 0) is 30.3 Å². The number of rotatable bonds is 4. The highest BCUT2D eigenvalue weighted by Crippen LogP contribution is 2.20. The standard InChI is InChI=1S/C15H10ClF2N3O/c16-10-2-1-9(7-19)14(3-10)21-15(22)8-20-13-5-11(17)4-12(18)6-13/h1-6,20H,8H2,(H,21,22). The number of carbonyl (C=O) groups is 1. The molecule has 2 aromatic carbocycles. The summed E-state index contributed by atoms with van der Waals surface area (Å²) in [6, 6.07) is 9.24. The van der Waals surface area contributed by atoms with Gasteiger partial charge in [0.15, 0.2) is 0 Å². The summed E-state index contributed by atoms with van der Waals surface area (Å²) in [4.78, 5) is 11.8. The first-order valence-corrected chi connectivity index (χ1v) is 6.55. The zero-order valence-corrected chi connectivity index (χ0v) is 11.9. The molecule has 0 aromatic heterocycles. The molecule has 2 aromatic rings. The molecule has 4 nitrogen and oxygen atoms in total. The van der Waals surface area contributed by atoms with Crippen LogP contribution < -0.4 is 10.6 Å². The molecular weight excluding hydrogens is 312 g/mol. The minimum atomic E-state index is -0.746. The molecule has 0 unspecified atom stereocenters. The minimum Gasteiger partial charge on any atom is -0.376 e. The van der Waals surface area contributed by atoms with Gasteiger partial charge in [-0.1, -0.05) is 11.6 Å². The molecule has 7 heteroatoms. The smallest absolute Gasteiger partial charge is 0.243 e. The Bertz CT molecular complexity index is 739. The summed E-state index contributed by atoms with van der Waals surface area (Å²) >= 11 is 5.81. The van der Waals surface area contributed by atoms with E-state index in [1.54, 1.807) is 0 Å². The topological polar surface area (TPSA) is 64.9 Å². The van der Waals surface area contributed by atoms with Crippen molar-refractivity contribution in [2.75, 3.05) is 17.2 Å². The fraction of sp³-hybridized carbons (Fsp3) is 0.0667. The number of carbonyl (C=O) groups excluding carboxylic acids is 1. The zero-order valence-electron chi connectivity index (χ0n) is 11.2. The van der Waals surface area contributed by atoms with Crippen LogP contribution in [0.5, 0.6) is 0 Å². The molecule has 0 saturated carbocycles. The van der Waals surface area contributed by atoms with Crippen LogP contribution in [0.2, 0.25) is 5.02 Å². The van der Waals surface area contributed by atoms with Gasteiger partial charge in [-0.2, -0.15) is 5.26 Å². The van der Waals surface area contributed by atoms with Crippen LogP contribution in [0.25, 0.3) is 0 Å². The van der Waals surface area contributed by atoms with E-state index in [0.717, 1.165) is 18.2 Å². The number of hydrogen-bond acceptors (Lipinski definition) is 3. The molecular formula is C15H10ClF2N3O. The molecule has 0 aliphatic rings. The molecule has 2 N–H and O–H groups in total. The van der Waals surface area contributed by atoms with Gasteiger partial charge >= 0.3 is 0 Å². The van der Waals surface area contributed by atoms with E-state index in [4.69, 9.17) is 16.9 Å². The lowest BCUT2D eigenvalue weighted by Crippen LogP contribution is -2.22. The number of nitrogens with one attached hydrogen (secondary N) is 2. The predicted octanol–water partition coefficient (Wildman–Crippen LogP) is 3.54. The highest BCUT2D eigenvalue weighted by molar-refractivity contribution is 6.31. The molecule has 0 bridgehead atoms. The van der Waals surface area contributed by atoms with Crippen molar-refractivity contribution in [1.82, 2.24) is 0 Å². The fourth-order valence-corrected chi connectivity index (χ4v) is 1.92. The van der Waals surface area contributed by atoms with Crippen LogP contribution in [-0.4, -0.2) is 12.5 Å². The van der Waals surface area contributed by atoms with Crippen LogP contribution in [-0.2, 0) is 4.79 Å². The Labute approximate surface area is 130 Å². The summed E-state index contributed by atoms with van der Waals surface area (Å²) in [5.41, 5.74) is 0.668. The Balaban J connectivity index is 2.02. The van der Waals surface area contributed by atoms with Crippen molar-refractivity contribution in [3.8, 4) is 6.07 Å². The summed E-state index contributed by atoms with van der Waals surface area (Å²) in [7, 11) is 0. The second kappa shape index (κ2) is 6.87. The van der Waals surface area contributed by atoms with Gasteiger partial charge in [-0.25, -0.2) is 8.78 Å². The average molecular weight is 322 g/mol. The van der Waals surface area contributed by atoms with Crippen LogP contribution in [0.4, 0.5) is 20.2 Å². The molecule has 1 amide bonds. The number of nitriles is 1. The van der Waals surface area contributed by atoms with Crippen LogP contribution in [0, 0.1) is 23.0 Å². The third-order valence-corrected chi connectivity index (χ3v) is 2.93. The first-order valence-electron chi connectivity index (χ1n) is 6.17.